The van der Waals surface area contributed by atoms with E-state index in [2.05, 4.69) is 15.9 Å². The Morgan fingerprint density at radius 2 is 1.72 bits per heavy atom. The van der Waals surface area contributed by atoms with Crippen LogP contribution in [0.4, 0.5) is 0 Å². The maximum Gasteiger partial charge on any atom is 0.311 e. The maximum atomic E-state index is 12.2. The molecule has 0 aromatic heterocycles. The predicted molar refractivity (Wildman–Crippen MR) is 77.1 cm³/mol. The van der Waals surface area contributed by atoms with Crippen LogP contribution in [0.2, 0.25) is 0 Å². The number of carbonyl (C=O) groups is 2. The van der Waals surface area contributed by atoms with E-state index in [1.807, 2.05) is 12.1 Å². The van der Waals surface area contributed by atoms with Gasteiger partial charge in [0.25, 0.3) is 0 Å². The second-order valence-electron chi connectivity index (χ2n) is 4.07. The molecule has 0 bridgehead atoms. The molecule has 0 heterocycles. The molecule has 1 aromatic rings. The van der Waals surface area contributed by atoms with Gasteiger partial charge in [0, 0.05) is 16.0 Å². The second-order valence-corrected chi connectivity index (χ2v) is 5.60. The predicted octanol–water partition coefficient (Wildman–Crippen LogP) is 3.67. The first-order chi connectivity index (χ1) is 8.47. The van der Waals surface area contributed by atoms with E-state index in [9.17, 15) is 9.59 Å². The average Bonchev–Trinajstić information content (AvgIpc) is 2.37. The normalized spacial score (nSPS) is 14.4. The Kier molecular flexibility index (Phi) is 5.97. The molecule has 0 radical (unpaired) electrons. The lowest BCUT2D eigenvalue weighted by atomic mass is 9.88. The van der Waals surface area contributed by atoms with Crippen molar-refractivity contribution in [2.24, 2.45) is 11.8 Å². The first kappa shape index (κ1) is 15.3. The summed E-state index contributed by atoms with van der Waals surface area (Å²) < 4.78 is 5.88. The Hall–Kier alpha value is -0.730. The number of halogens is 1. The highest BCUT2D eigenvalue weighted by Gasteiger charge is 2.27. The van der Waals surface area contributed by atoms with Gasteiger partial charge in [-0.2, -0.15) is 0 Å². The summed E-state index contributed by atoms with van der Waals surface area (Å²) in [5.41, 5.74) is 0.615. The SMILES string of the molecule is CPOC(=O)C(C)C(C)C(=O)c1ccc(Br)cc1. The summed E-state index contributed by atoms with van der Waals surface area (Å²) in [6, 6.07) is 7.14. The molecule has 18 heavy (non-hydrogen) atoms. The molecule has 0 amide bonds. The fourth-order valence-electron chi connectivity index (χ4n) is 1.50. The van der Waals surface area contributed by atoms with E-state index in [4.69, 9.17) is 4.52 Å². The quantitative estimate of drug-likeness (QED) is 0.611. The molecule has 3 atom stereocenters. The van der Waals surface area contributed by atoms with E-state index in [0.29, 0.717) is 5.56 Å². The zero-order chi connectivity index (χ0) is 13.7. The number of hydrogen-bond donors (Lipinski definition) is 0. The minimum absolute atomic E-state index is 0.0358. The Morgan fingerprint density at radius 1 is 1.17 bits per heavy atom. The van der Waals surface area contributed by atoms with Crippen LogP contribution in [0.3, 0.4) is 0 Å². The van der Waals surface area contributed by atoms with Crippen LogP contribution in [-0.4, -0.2) is 18.4 Å². The molecule has 0 fully saturated rings. The van der Waals surface area contributed by atoms with Crippen molar-refractivity contribution in [3.63, 3.8) is 0 Å². The molecule has 0 saturated heterocycles. The minimum Gasteiger partial charge on any atom is -0.448 e. The number of Topliss-reactive ketones (excluding diaryl/α,β-unsaturated/α-hetero) is 1. The van der Waals surface area contributed by atoms with E-state index in [1.165, 1.54) is 0 Å². The van der Waals surface area contributed by atoms with Crippen LogP contribution in [0.1, 0.15) is 24.2 Å². The topological polar surface area (TPSA) is 43.4 Å². The van der Waals surface area contributed by atoms with Gasteiger partial charge in [0.05, 0.1) is 14.7 Å². The fraction of sp³-hybridized carbons (Fsp3) is 0.385. The van der Waals surface area contributed by atoms with E-state index in [0.717, 1.165) is 4.47 Å². The zero-order valence-corrected chi connectivity index (χ0v) is 13.2. The Bertz CT molecular complexity index is 430. The van der Waals surface area contributed by atoms with Gasteiger partial charge in [0.1, 0.15) is 0 Å². The van der Waals surface area contributed by atoms with Gasteiger partial charge in [-0.15, -0.1) is 0 Å². The molecule has 5 heteroatoms. The third kappa shape index (κ3) is 3.89. The van der Waals surface area contributed by atoms with Gasteiger partial charge in [-0.3, -0.25) is 9.59 Å². The lowest BCUT2D eigenvalue weighted by molar-refractivity contribution is -0.138. The van der Waals surface area contributed by atoms with Crippen LogP contribution in [0.25, 0.3) is 0 Å². The van der Waals surface area contributed by atoms with Crippen molar-refractivity contribution >= 4 is 36.5 Å². The van der Waals surface area contributed by atoms with Gasteiger partial charge in [-0.25, -0.2) is 0 Å². The third-order valence-corrected chi connectivity index (χ3v) is 3.80. The summed E-state index contributed by atoms with van der Waals surface area (Å²) in [5.74, 6) is -1.15. The Morgan fingerprint density at radius 3 is 2.22 bits per heavy atom. The van der Waals surface area contributed by atoms with E-state index >= 15 is 0 Å². The van der Waals surface area contributed by atoms with Crippen molar-refractivity contribution in [2.45, 2.75) is 13.8 Å². The molecule has 0 spiro atoms. The van der Waals surface area contributed by atoms with Gasteiger partial charge in [-0.05, 0) is 18.8 Å². The van der Waals surface area contributed by atoms with Gasteiger partial charge >= 0.3 is 5.97 Å². The van der Waals surface area contributed by atoms with Crippen molar-refractivity contribution < 1.29 is 14.1 Å². The van der Waals surface area contributed by atoms with E-state index < -0.39 is 5.92 Å². The smallest absolute Gasteiger partial charge is 0.311 e. The lowest BCUT2D eigenvalue weighted by Crippen LogP contribution is -2.26. The molecule has 0 N–H and O–H groups in total. The monoisotopic (exact) mass is 330 g/mol. The lowest BCUT2D eigenvalue weighted by Gasteiger charge is -2.17. The van der Waals surface area contributed by atoms with E-state index in [1.54, 1.807) is 32.6 Å². The highest BCUT2D eigenvalue weighted by molar-refractivity contribution is 9.10. The number of carbonyl (C=O) groups excluding carboxylic acids is 2. The van der Waals surface area contributed by atoms with Crippen molar-refractivity contribution in [3.05, 3.63) is 34.3 Å². The molecular weight excluding hydrogens is 315 g/mol. The summed E-state index contributed by atoms with van der Waals surface area (Å²) in [4.78, 5) is 23.8. The number of rotatable bonds is 5. The number of ketones is 1. The van der Waals surface area contributed by atoms with Gasteiger partial charge < -0.3 is 4.52 Å². The van der Waals surface area contributed by atoms with Crippen LogP contribution in [0.5, 0.6) is 0 Å². The van der Waals surface area contributed by atoms with Crippen molar-refractivity contribution in [1.29, 1.82) is 0 Å². The molecule has 0 aliphatic heterocycles. The summed E-state index contributed by atoms with van der Waals surface area (Å²) in [6.45, 7) is 5.27. The van der Waals surface area contributed by atoms with Crippen molar-refractivity contribution in [3.8, 4) is 0 Å². The first-order valence-corrected chi connectivity index (χ1v) is 7.84. The van der Waals surface area contributed by atoms with Crippen LogP contribution in [0, 0.1) is 11.8 Å². The largest absolute Gasteiger partial charge is 0.448 e. The molecule has 3 unspecified atom stereocenters. The zero-order valence-electron chi connectivity index (χ0n) is 10.6. The summed E-state index contributed by atoms with van der Waals surface area (Å²) in [5, 5.41) is 0. The molecule has 3 nitrogen and oxygen atoms in total. The van der Waals surface area contributed by atoms with E-state index in [-0.39, 0.29) is 26.5 Å². The van der Waals surface area contributed by atoms with Gasteiger partial charge in [0.15, 0.2) is 5.78 Å². The minimum atomic E-state index is -0.423. The molecule has 1 aromatic carbocycles. The maximum absolute atomic E-state index is 12.2. The van der Waals surface area contributed by atoms with Gasteiger partial charge in [-0.1, -0.05) is 41.9 Å². The molecule has 0 aliphatic carbocycles. The standard InChI is InChI=1S/C13H16BrO3P/c1-8(9(2)13(16)17-18-3)12(15)10-4-6-11(14)7-5-10/h4-9,18H,1-3H3. The highest BCUT2D eigenvalue weighted by atomic mass is 79.9. The Labute approximate surface area is 117 Å². The van der Waals surface area contributed by atoms with Crippen LogP contribution in [-0.2, 0) is 9.32 Å². The van der Waals surface area contributed by atoms with Crippen molar-refractivity contribution in [1.82, 2.24) is 0 Å². The highest BCUT2D eigenvalue weighted by Crippen LogP contribution is 2.22. The second kappa shape index (κ2) is 7.01. The molecule has 0 aliphatic rings. The Balaban J connectivity index is 2.77. The number of benzene rings is 1. The first-order valence-electron chi connectivity index (χ1n) is 5.64. The molecule has 1 rings (SSSR count). The average molecular weight is 331 g/mol. The molecular formula is C13H16BrO3P. The summed E-state index contributed by atoms with van der Waals surface area (Å²) in [7, 11) is 0.115. The fourth-order valence-corrected chi connectivity index (χ4v) is 2.15. The van der Waals surface area contributed by atoms with Gasteiger partial charge in [0.2, 0.25) is 0 Å². The third-order valence-electron chi connectivity index (χ3n) is 2.87. The molecule has 98 valence electrons. The van der Waals surface area contributed by atoms with Crippen LogP contribution >= 0.6 is 24.7 Å². The molecule has 0 saturated carbocycles. The van der Waals surface area contributed by atoms with Crippen molar-refractivity contribution in [2.75, 3.05) is 6.66 Å². The summed E-state index contributed by atoms with van der Waals surface area (Å²) >= 11 is 3.32. The number of hydrogen-bond acceptors (Lipinski definition) is 3. The summed E-state index contributed by atoms with van der Waals surface area (Å²) in [6.07, 6.45) is 0. The van der Waals surface area contributed by atoms with Crippen LogP contribution < -0.4 is 0 Å². The van der Waals surface area contributed by atoms with Crippen LogP contribution in [0.15, 0.2) is 28.7 Å².